The van der Waals surface area contributed by atoms with Crippen LogP contribution in [0.2, 0.25) is 0 Å². The van der Waals surface area contributed by atoms with Gasteiger partial charge in [0.15, 0.2) is 5.82 Å². The lowest BCUT2D eigenvalue weighted by molar-refractivity contribution is 0.0696. The number of hydrogen-bond acceptors (Lipinski definition) is 3. The number of imidazole rings is 1. The summed E-state index contributed by atoms with van der Waals surface area (Å²) < 4.78 is 2.30. The van der Waals surface area contributed by atoms with Crippen LogP contribution in [0.25, 0.3) is 16.9 Å². The van der Waals surface area contributed by atoms with Gasteiger partial charge in [0.25, 0.3) is 0 Å². The van der Waals surface area contributed by atoms with E-state index >= 15 is 0 Å². The number of carboxylic acid groups (broad SMARTS) is 1. The highest BCUT2D eigenvalue weighted by molar-refractivity contribution is 9.10. The number of rotatable bonds is 2. The average molecular weight is 318 g/mol. The molecule has 0 atom stereocenters. The van der Waals surface area contributed by atoms with Crippen LogP contribution in [0, 0.1) is 0 Å². The van der Waals surface area contributed by atoms with Gasteiger partial charge in [0, 0.05) is 10.7 Å². The monoisotopic (exact) mass is 317 g/mol. The molecule has 0 aliphatic rings. The van der Waals surface area contributed by atoms with Gasteiger partial charge in [-0.1, -0.05) is 12.1 Å². The molecular formula is C13H8BrN3O2. The number of fused-ring (bicyclic) bond motifs is 1. The van der Waals surface area contributed by atoms with Crippen LogP contribution < -0.4 is 0 Å². The van der Waals surface area contributed by atoms with E-state index in [-0.39, 0.29) is 5.56 Å². The first-order chi connectivity index (χ1) is 9.16. The Morgan fingerprint density at radius 2 is 2.05 bits per heavy atom. The number of nitrogens with zero attached hydrogens (tertiary/aromatic N) is 3. The fourth-order valence-corrected chi connectivity index (χ4v) is 2.24. The Labute approximate surface area is 116 Å². The van der Waals surface area contributed by atoms with Gasteiger partial charge in [-0.3, -0.25) is 4.57 Å². The fourth-order valence-electron chi connectivity index (χ4n) is 1.91. The van der Waals surface area contributed by atoms with E-state index < -0.39 is 5.97 Å². The third-order valence-corrected chi connectivity index (χ3v) is 3.18. The zero-order valence-electron chi connectivity index (χ0n) is 9.62. The topological polar surface area (TPSA) is 68.0 Å². The second-order valence-electron chi connectivity index (χ2n) is 3.93. The van der Waals surface area contributed by atoms with Crippen LogP contribution in [0.1, 0.15) is 10.4 Å². The molecule has 0 amide bonds. The highest BCUT2D eigenvalue weighted by Gasteiger charge is 2.15. The van der Waals surface area contributed by atoms with Crippen molar-refractivity contribution < 1.29 is 9.90 Å². The number of benzene rings is 1. The number of hydrogen-bond donors (Lipinski definition) is 1. The van der Waals surface area contributed by atoms with Crippen molar-refractivity contribution in [1.29, 1.82) is 0 Å². The van der Waals surface area contributed by atoms with E-state index in [1.54, 1.807) is 17.1 Å². The smallest absolute Gasteiger partial charge is 0.339 e. The molecule has 0 spiro atoms. The number of aromatic nitrogens is 3. The van der Waals surface area contributed by atoms with Crippen molar-refractivity contribution in [2.45, 2.75) is 0 Å². The molecular weight excluding hydrogens is 310 g/mol. The van der Waals surface area contributed by atoms with E-state index in [4.69, 9.17) is 0 Å². The van der Waals surface area contributed by atoms with Crippen LogP contribution in [0.3, 0.4) is 0 Å². The van der Waals surface area contributed by atoms with Gasteiger partial charge in [-0.15, -0.1) is 0 Å². The van der Waals surface area contributed by atoms with E-state index in [1.807, 2.05) is 24.3 Å². The van der Waals surface area contributed by atoms with Gasteiger partial charge in [0.1, 0.15) is 11.9 Å². The van der Waals surface area contributed by atoms with Crippen LogP contribution in [0.4, 0.5) is 0 Å². The second kappa shape index (κ2) is 4.47. The van der Waals surface area contributed by atoms with Crippen LogP contribution >= 0.6 is 15.9 Å². The predicted octanol–water partition coefficient (Wildman–Crippen LogP) is 2.88. The third kappa shape index (κ3) is 2.00. The molecule has 0 bridgehead atoms. The van der Waals surface area contributed by atoms with E-state index in [0.717, 1.165) is 11.0 Å². The zero-order chi connectivity index (χ0) is 13.4. The molecule has 6 heteroatoms. The maximum absolute atomic E-state index is 11.3. The minimum atomic E-state index is -1.03. The molecule has 0 saturated heterocycles. The van der Waals surface area contributed by atoms with E-state index in [1.165, 1.54) is 6.07 Å². The van der Waals surface area contributed by atoms with Crippen molar-refractivity contribution >= 4 is 32.9 Å². The lowest BCUT2D eigenvalue weighted by Gasteiger charge is -2.07. The Balaban J connectivity index is 2.30. The molecule has 1 aromatic carbocycles. The summed E-state index contributed by atoms with van der Waals surface area (Å²) in [6.07, 6.45) is 3.14. The highest BCUT2D eigenvalue weighted by atomic mass is 79.9. The quantitative estimate of drug-likeness (QED) is 0.789. The molecule has 1 N–H and O–H groups in total. The number of para-hydroxylation sites is 2. The Bertz CT molecular complexity index is 782. The molecule has 0 fully saturated rings. The van der Waals surface area contributed by atoms with Crippen molar-refractivity contribution in [2.75, 3.05) is 0 Å². The number of halogens is 1. The summed E-state index contributed by atoms with van der Waals surface area (Å²) in [6.45, 7) is 0. The number of carbonyl (C=O) groups is 1. The molecule has 5 nitrogen and oxygen atoms in total. The molecule has 94 valence electrons. The van der Waals surface area contributed by atoms with E-state index in [2.05, 4.69) is 25.9 Å². The number of pyridine rings is 1. The van der Waals surface area contributed by atoms with Crippen LogP contribution in [-0.4, -0.2) is 25.6 Å². The summed E-state index contributed by atoms with van der Waals surface area (Å²) in [4.78, 5) is 19.7. The number of aromatic carboxylic acids is 1. The minimum Gasteiger partial charge on any atom is -0.478 e. The van der Waals surface area contributed by atoms with Crippen molar-refractivity contribution in [1.82, 2.24) is 14.5 Å². The van der Waals surface area contributed by atoms with Crippen molar-refractivity contribution in [3.05, 3.63) is 52.9 Å². The number of carboxylic acids is 1. The predicted molar refractivity (Wildman–Crippen MR) is 73.5 cm³/mol. The molecule has 0 saturated carbocycles. The third-order valence-electron chi connectivity index (χ3n) is 2.75. The van der Waals surface area contributed by atoms with Crippen molar-refractivity contribution in [3.63, 3.8) is 0 Å². The van der Waals surface area contributed by atoms with Gasteiger partial charge in [0.05, 0.1) is 11.0 Å². The van der Waals surface area contributed by atoms with Gasteiger partial charge < -0.3 is 5.11 Å². The van der Waals surface area contributed by atoms with Crippen molar-refractivity contribution in [3.8, 4) is 5.82 Å². The molecule has 3 aromatic rings. The van der Waals surface area contributed by atoms with Gasteiger partial charge in [-0.25, -0.2) is 14.8 Å². The maximum atomic E-state index is 11.3. The summed E-state index contributed by atoms with van der Waals surface area (Å²) in [7, 11) is 0. The molecule has 0 unspecified atom stereocenters. The SMILES string of the molecule is O=C(O)c1cc(Br)cnc1-n1cnc2ccccc21. The average Bonchev–Trinajstić information content (AvgIpc) is 2.82. The molecule has 2 aromatic heterocycles. The zero-order valence-corrected chi connectivity index (χ0v) is 11.2. The molecule has 0 aliphatic heterocycles. The first-order valence-corrected chi connectivity index (χ1v) is 6.27. The van der Waals surface area contributed by atoms with Gasteiger partial charge in [0.2, 0.25) is 0 Å². The van der Waals surface area contributed by atoms with Gasteiger partial charge in [-0.05, 0) is 34.1 Å². The largest absolute Gasteiger partial charge is 0.478 e. The normalized spacial score (nSPS) is 10.8. The molecule has 2 heterocycles. The Hall–Kier alpha value is -2.21. The Morgan fingerprint density at radius 3 is 2.84 bits per heavy atom. The summed E-state index contributed by atoms with van der Waals surface area (Å²) in [5, 5.41) is 9.27. The van der Waals surface area contributed by atoms with Crippen molar-refractivity contribution in [2.24, 2.45) is 0 Å². The van der Waals surface area contributed by atoms with Crippen LogP contribution in [-0.2, 0) is 0 Å². The lowest BCUT2D eigenvalue weighted by atomic mass is 10.2. The lowest BCUT2D eigenvalue weighted by Crippen LogP contribution is -2.07. The summed E-state index contributed by atoms with van der Waals surface area (Å²) in [5.74, 6) is -0.675. The summed E-state index contributed by atoms with van der Waals surface area (Å²) in [6, 6.07) is 9.02. The first kappa shape index (κ1) is 11.9. The minimum absolute atomic E-state index is 0.123. The summed E-state index contributed by atoms with van der Waals surface area (Å²) >= 11 is 3.23. The highest BCUT2D eigenvalue weighted by Crippen LogP contribution is 2.21. The summed E-state index contributed by atoms with van der Waals surface area (Å²) in [5.41, 5.74) is 1.74. The van der Waals surface area contributed by atoms with Crippen LogP contribution in [0.5, 0.6) is 0 Å². The maximum Gasteiger partial charge on any atom is 0.339 e. The standard InChI is InChI=1S/C13H8BrN3O2/c14-8-5-9(13(18)19)12(15-6-8)17-7-16-10-3-1-2-4-11(10)17/h1-7H,(H,18,19). The molecule has 19 heavy (non-hydrogen) atoms. The van der Waals surface area contributed by atoms with E-state index in [9.17, 15) is 9.90 Å². The van der Waals surface area contributed by atoms with Gasteiger partial charge in [-0.2, -0.15) is 0 Å². The first-order valence-electron chi connectivity index (χ1n) is 5.48. The molecule has 3 rings (SSSR count). The second-order valence-corrected chi connectivity index (χ2v) is 4.85. The molecule has 0 radical (unpaired) electrons. The Morgan fingerprint density at radius 1 is 1.26 bits per heavy atom. The van der Waals surface area contributed by atoms with Gasteiger partial charge >= 0.3 is 5.97 Å². The van der Waals surface area contributed by atoms with Crippen LogP contribution in [0.15, 0.2) is 47.3 Å². The fraction of sp³-hybridized carbons (Fsp3) is 0. The Kier molecular flexibility index (Phi) is 2.79. The molecule has 0 aliphatic carbocycles. The van der Waals surface area contributed by atoms with E-state index in [0.29, 0.717) is 10.3 Å².